The molecule has 128 valence electrons. The third-order valence-corrected chi connectivity index (χ3v) is 4.15. The summed E-state index contributed by atoms with van der Waals surface area (Å²) in [6.45, 7) is 1.35. The van der Waals surface area contributed by atoms with Gasteiger partial charge in [0.05, 0.1) is 29.1 Å². The normalized spacial score (nSPS) is 14.8. The number of hydrogen-bond acceptors (Lipinski definition) is 5. The topological polar surface area (TPSA) is 89.2 Å². The third-order valence-electron chi connectivity index (χ3n) is 4.15. The zero-order valence-electron chi connectivity index (χ0n) is 13.4. The second kappa shape index (κ2) is 7.28. The van der Waals surface area contributed by atoms with Gasteiger partial charge in [-0.1, -0.05) is 0 Å². The quantitative estimate of drug-likeness (QED) is 0.895. The van der Waals surface area contributed by atoms with Crippen LogP contribution in [0.4, 0.5) is 15.8 Å². The molecule has 0 radical (unpaired) electrons. The molecule has 1 aliphatic heterocycles. The Labute approximate surface area is 144 Å². The molecule has 0 saturated carbocycles. The summed E-state index contributed by atoms with van der Waals surface area (Å²) < 4.78 is 13.2. The maximum atomic E-state index is 13.2. The highest BCUT2D eigenvalue weighted by Gasteiger charge is 2.20. The van der Waals surface area contributed by atoms with Crippen molar-refractivity contribution in [2.24, 2.45) is 0 Å². The van der Waals surface area contributed by atoms with Crippen molar-refractivity contribution in [3.05, 3.63) is 53.6 Å². The van der Waals surface area contributed by atoms with Crippen LogP contribution in [0.25, 0.3) is 0 Å². The number of benzene rings is 1. The highest BCUT2D eigenvalue weighted by Crippen LogP contribution is 2.27. The van der Waals surface area contributed by atoms with E-state index < -0.39 is 11.7 Å². The minimum absolute atomic E-state index is 0.104. The Morgan fingerprint density at radius 3 is 2.76 bits per heavy atom. The number of aromatic nitrogens is 1. The molecule has 1 aromatic heterocycles. The van der Waals surface area contributed by atoms with Gasteiger partial charge in [-0.15, -0.1) is 0 Å². The molecule has 1 saturated heterocycles. The molecule has 7 heteroatoms. The number of carbonyl (C=O) groups excluding carboxylic acids is 1. The van der Waals surface area contributed by atoms with Crippen molar-refractivity contribution in [1.29, 1.82) is 5.26 Å². The van der Waals surface area contributed by atoms with E-state index in [2.05, 4.69) is 16.4 Å². The lowest BCUT2D eigenvalue weighted by Crippen LogP contribution is -2.36. The van der Waals surface area contributed by atoms with E-state index >= 15 is 0 Å². The second-order valence-corrected chi connectivity index (χ2v) is 5.91. The third kappa shape index (κ3) is 3.92. The number of aliphatic hydroxyl groups excluding tert-OH is 1. The highest BCUT2D eigenvalue weighted by molar-refractivity contribution is 6.04. The molecule has 0 bridgehead atoms. The van der Waals surface area contributed by atoms with Crippen LogP contribution in [-0.2, 0) is 0 Å². The number of halogens is 1. The Balaban J connectivity index is 1.77. The van der Waals surface area contributed by atoms with Crippen molar-refractivity contribution in [3.8, 4) is 6.07 Å². The molecule has 1 aromatic carbocycles. The fraction of sp³-hybridized carbons (Fsp3) is 0.278. The summed E-state index contributed by atoms with van der Waals surface area (Å²) in [6.07, 6.45) is 3.33. The molecular weight excluding hydrogens is 323 g/mol. The molecule has 0 atom stereocenters. The number of amides is 1. The van der Waals surface area contributed by atoms with Gasteiger partial charge >= 0.3 is 0 Å². The first-order valence-corrected chi connectivity index (χ1v) is 7.96. The van der Waals surface area contributed by atoms with Crippen LogP contribution < -0.4 is 10.2 Å². The largest absolute Gasteiger partial charge is 0.393 e. The molecule has 0 unspecified atom stereocenters. The van der Waals surface area contributed by atoms with E-state index in [0.717, 1.165) is 18.0 Å². The van der Waals surface area contributed by atoms with Gasteiger partial charge in [0.2, 0.25) is 0 Å². The Kier molecular flexibility index (Phi) is 4.91. The number of pyridine rings is 1. The molecule has 6 nitrogen and oxygen atoms in total. The molecule has 25 heavy (non-hydrogen) atoms. The average molecular weight is 340 g/mol. The van der Waals surface area contributed by atoms with Crippen LogP contribution in [0.3, 0.4) is 0 Å². The van der Waals surface area contributed by atoms with E-state index in [0.29, 0.717) is 37.2 Å². The number of nitrogens with one attached hydrogen (secondary N) is 1. The maximum Gasteiger partial charge on any atom is 0.257 e. The predicted octanol–water partition coefficient (Wildman–Crippen LogP) is 2.31. The lowest BCUT2D eigenvalue weighted by atomic mass is 10.0. The van der Waals surface area contributed by atoms with Gasteiger partial charge in [-0.3, -0.25) is 9.78 Å². The highest BCUT2D eigenvalue weighted by atomic mass is 19.1. The molecular formula is C18H17FN4O2. The van der Waals surface area contributed by atoms with E-state index in [1.54, 1.807) is 18.2 Å². The summed E-state index contributed by atoms with van der Waals surface area (Å²) in [5.41, 5.74) is 1.77. The van der Waals surface area contributed by atoms with Gasteiger partial charge in [0, 0.05) is 25.0 Å². The summed E-state index contributed by atoms with van der Waals surface area (Å²) in [5, 5.41) is 21.7. The maximum absolute atomic E-state index is 13.2. The van der Waals surface area contributed by atoms with Crippen molar-refractivity contribution >= 4 is 17.3 Å². The standard InChI is InChI=1S/C18H17FN4O2/c19-14-7-13(10-21-11-14)18(25)22-15-1-2-17(12(8-15)9-20)23-5-3-16(24)4-6-23/h1-2,7-8,10-11,16,24H,3-6H2,(H,22,25). The fourth-order valence-corrected chi connectivity index (χ4v) is 2.83. The molecule has 0 aliphatic carbocycles. The van der Waals surface area contributed by atoms with Crippen LogP contribution in [0, 0.1) is 17.1 Å². The summed E-state index contributed by atoms with van der Waals surface area (Å²) in [7, 11) is 0. The Morgan fingerprint density at radius 2 is 2.08 bits per heavy atom. The first kappa shape index (κ1) is 16.9. The zero-order valence-corrected chi connectivity index (χ0v) is 13.4. The molecule has 2 heterocycles. The van der Waals surface area contributed by atoms with Crippen LogP contribution >= 0.6 is 0 Å². The van der Waals surface area contributed by atoms with Gasteiger partial charge in [-0.25, -0.2) is 4.39 Å². The lowest BCUT2D eigenvalue weighted by molar-refractivity contribution is 0.102. The Hall–Kier alpha value is -2.98. The number of anilines is 2. The Bertz CT molecular complexity index is 826. The number of piperidine rings is 1. The van der Waals surface area contributed by atoms with Gasteiger partial charge in [-0.2, -0.15) is 5.26 Å². The van der Waals surface area contributed by atoms with Gasteiger partial charge in [0.15, 0.2) is 0 Å². The molecule has 2 aromatic rings. The molecule has 1 fully saturated rings. The van der Waals surface area contributed by atoms with Crippen LogP contribution in [-0.4, -0.2) is 35.2 Å². The van der Waals surface area contributed by atoms with Gasteiger partial charge in [-0.05, 0) is 37.1 Å². The molecule has 3 rings (SSSR count). The zero-order chi connectivity index (χ0) is 17.8. The van der Waals surface area contributed by atoms with Gasteiger partial charge < -0.3 is 15.3 Å². The van der Waals surface area contributed by atoms with Crippen molar-refractivity contribution < 1.29 is 14.3 Å². The number of carbonyl (C=O) groups is 1. The van der Waals surface area contributed by atoms with E-state index in [4.69, 9.17) is 0 Å². The second-order valence-electron chi connectivity index (χ2n) is 5.91. The van der Waals surface area contributed by atoms with E-state index in [9.17, 15) is 19.6 Å². The SMILES string of the molecule is N#Cc1cc(NC(=O)c2cncc(F)c2)ccc1N1CCC(O)CC1. The monoisotopic (exact) mass is 340 g/mol. The van der Waals surface area contributed by atoms with Crippen LogP contribution in [0.15, 0.2) is 36.7 Å². The first-order valence-electron chi connectivity index (χ1n) is 7.96. The van der Waals surface area contributed by atoms with Crippen LogP contribution in [0.2, 0.25) is 0 Å². The fourth-order valence-electron chi connectivity index (χ4n) is 2.83. The van der Waals surface area contributed by atoms with Crippen LogP contribution in [0.5, 0.6) is 0 Å². The lowest BCUT2D eigenvalue weighted by Gasteiger charge is -2.32. The molecule has 0 spiro atoms. The van der Waals surface area contributed by atoms with Crippen molar-refractivity contribution in [2.45, 2.75) is 18.9 Å². The number of hydrogen-bond donors (Lipinski definition) is 2. The number of rotatable bonds is 3. The average Bonchev–Trinajstić information content (AvgIpc) is 2.62. The van der Waals surface area contributed by atoms with Crippen molar-refractivity contribution in [3.63, 3.8) is 0 Å². The summed E-state index contributed by atoms with van der Waals surface area (Å²) in [5.74, 6) is -1.09. The molecule has 1 aliphatic rings. The van der Waals surface area contributed by atoms with E-state index in [-0.39, 0.29) is 11.7 Å². The predicted molar refractivity (Wildman–Crippen MR) is 90.8 cm³/mol. The van der Waals surface area contributed by atoms with Gasteiger partial charge in [0.1, 0.15) is 11.9 Å². The summed E-state index contributed by atoms with van der Waals surface area (Å²) in [4.78, 5) is 17.8. The minimum Gasteiger partial charge on any atom is -0.393 e. The number of nitrogens with zero attached hydrogens (tertiary/aromatic N) is 3. The smallest absolute Gasteiger partial charge is 0.257 e. The summed E-state index contributed by atoms with van der Waals surface area (Å²) in [6, 6.07) is 8.30. The molecule has 1 amide bonds. The first-order chi connectivity index (χ1) is 12.1. The van der Waals surface area contributed by atoms with E-state index in [1.165, 1.54) is 6.20 Å². The minimum atomic E-state index is -0.590. The van der Waals surface area contributed by atoms with Crippen molar-refractivity contribution in [2.75, 3.05) is 23.3 Å². The van der Waals surface area contributed by atoms with E-state index in [1.807, 2.05) is 4.90 Å². The summed E-state index contributed by atoms with van der Waals surface area (Å²) >= 11 is 0. The number of aliphatic hydroxyl groups is 1. The van der Waals surface area contributed by atoms with Crippen LogP contribution in [0.1, 0.15) is 28.8 Å². The number of nitriles is 1. The van der Waals surface area contributed by atoms with Crippen molar-refractivity contribution in [1.82, 2.24) is 4.98 Å². The Morgan fingerprint density at radius 1 is 1.32 bits per heavy atom. The van der Waals surface area contributed by atoms with Gasteiger partial charge in [0.25, 0.3) is 5.91 Å². The molecule has 2 N–H and O–H groups in total.